The Hall–Kier alpha value is -3.33. The van der Waals surface area contributed by atoms with Gasteiger partial charge in [-0.05, 0) is 61.6 Å². The SMILES string of the molecule is CCOC(=O)CCCCC(=O)N1CCc2cc(OCc3cc(-c4ccccc4)c(C(F)(F)F)s3)ccc21. The van der Waals surface area contributed by atoms with Crippen LogP contribution in [0.3, 0.4) is 0 Å². The van der Waals surface area contributed by atoms with Gasteiger partial charge in [-0.3, -0.25) is 9.59 Å². The second-order valence-corrected chi connectivity index (χ2v) is 9.84. The summed E-state index contributed by atoms with van der Waals surface area (Å²) in [6.45, 7) is 2.69. The second-order valence-electron chi connectivity index (χ2n) is 8.71. The molecule has 0 aliphatic carbocycles. The summed E-state index contributed by atoms with van der Waals surface area (Å²) in [6, 6.07) is 15.5. The molecule has 0 spiro atoms. The number of amides is 1. The van der Waals surface area contributed by atoms with E-state index in [4.69, 9.17) is 9.47 Å². The lowest BCUT2D eigenvalue weighted by Crippen LogP contribution is -2.28. The fraction of sp³-hybridized carbons (Fsp3) is 0.357. The number of carbonyl (C=O) groups excluding carboxylic acids is 2. The van der Waals surface area contributed by atoms with Crippen LogP contribution in [-0.4, -0.2) is 25.0 Å². The van der Waals surface area contributed by atoms with Crippen molar-refractivity contribution >= 4 is 28.9 Å². The van der Waals surface area contributed by atoms with Crippen LogP contribution in [0.15, 0.2) is 54.6 Å². The van der Waals surface area contributed by atoms with Crippen molar-refractivity contribution in [2.24, 2.45) is 0 Å². The smallest absolute Gasteiger partial charge is 0.426 e. The Balaban J connectivity index is 1.37. The molecule has 9 heteroatoms. The molecule has 1 amide bonds. The number of benzene rings is 2. The van der Waals surface area contributed by atoms with E-state index in [2.05, 4.69) is 0 Å². The van der Waals surface area contributed by atoms with Crippen molar-refractivity contribution in [2.75, 3.05) is 18.1 Å². The van der Waals surface area contributed by atoms with Crippen LogP contribution in [-0.2, 0) is 33.5 Å². The monoisotopic (exact) mass is 531 g/mol. The van der Waals surface area contributed by atoms with Gasteiger partial charge in [0.05, 0.1) is 6.61 Å². The lowest BCUT2D eigenvalue weighted by Gasteiger charge is -2.17. The Kier molecular flexibility index (Phi) is 8.53. The zero-order valence-electron chi connectivity index (χ0n) is 20.5. The first kappa shape index (κ1) is 26.7. The fourth-order valence-electron chi connectivity index (χ4n) is 4.35. The minimum Gasteiger partial charge on any atom is -0.488 e. The quantitative estimate of drug-likeness (QED) is 0.208. The van der Waals surface area contributed by atoms with Crippen molar-refractivity contribution in [3.63, 3.8) is 0 Å². The Morgan fingerprint density at radius 3 is 2.51 bits per heavy atom. The highest BCUT2D eigenvalue weighted by Gasteiger charge is 2.36. The van der Waals surface area contributed by atoms with E-state index in [0.29, 0.717) is 72.8 Å². The number of anilines is 1. The molecule has 0 N–H and O–H groups in total. The van der Waals surface area contributed by atoms with Gasteiger partial charge in [0, 0.05) is 35.5 Å². The summed E-state index contributed by atoms with van der Waals surface area (Å²) in [6.07, 6.45) is -1.91. The molecule has 1 aromatic heterocycles. The van der Waals surface area contributed by atoms with Gasteiger partial charge in [-0.15, -0.1) is 11.3 Å². The van der Waals surface area contributed by atoms with E-state index in [1.165, 1.54) is 0 Å². The van der Waals surface area contributed by atoms with E-state index in [0.717, 1.165) is 11.3 Å². The molecule has 5 nitrogen and oxygen atoms in total. The Morgan fingerprint density at radius 2 is 1.78 bits per heavy atom. The maximum Gasteiger partial charge on any atom is 0.426 e. The predicted octanol–water partition coefficient (Wildman–Crippen LogP) is 7.03. The Labute approximate surface area is 217 Å². The molecule has 0 bridgehead atoms. The average molecular weight is 532 g/mol. The maximum atomic E-state index is 13.6. The highest BCUT2D eigenvalue weighted by atomic mass is 32.1. The maximum absolute atomic E-state index is 13.6. The van der Waals surface area contributed by atoms with E-state index in [1.807, 2.05) is 12.1 Å². The van der Waals surface area contributed by atoms with Crippen molar-refractivity contribution < 1.29 is 32.2 Å². The van der Waals surface area contributed by atoms with Gasteiger partial charge in [-0.2, -0.15) is 13.2 Å². The Bertz CT molecular complexity index is 1240. The van der Waals surface area contributed by atoms with Crippen molar-refractivity contribution in [3.05, 3.63) is 69.9 Å². The van der Waals surface area contributed by atoms with Crippen LogP contribution in [0.2, 0.25) is 0 Å². The highest BCUT2D eigenvalue weighted by Crippen LogP contribution is 2.43. The largest absolute Gasteiger partial charge is 0.488 e. The third kappa shape index (κ3) is 6.71. The van der Waals surface area contributed by atoms with Gasteiger partial charge in [0.25, 0.3) is 0 Å². The van der Waals surface area contributed by atoms with Crippen LogP contribution < -0.4 is 9.64 Å². The van der Waals surface area contributed by atoms with Crippen molar-refractivity contribution in [1.82, 2.24) is 0 Å². The number of ether oxygens (including phenoxy) is 2. The number of hydrogen-bond acceptors (Lipinski definition) is 5. The normalized spacial score (nSPS) is 12.9. The number of thiophene rings is 1. The molecule has 0 radical (unpaired) electrons. The highest BCUT2D eigenvalue weighted by molar-refractivity contribution is 7.12. The molecule has 0 unspecified atom stereocenters. The molecule has 3 aromatic rings. The van der Waals surface area contributed by atoms with E-state index < -0.39 is 11.1 Å². The van der Waals surface area contributed by atoms with Gasteiger partial charge in [0.2, 0.25) is 5.91 Å². The molecule has 0 saturated carbocycles. The van der Waals surface area contributed by atoms with Gasteiger partial charge >= 0.3 is 12.1 Å². The first-order valence-electron chi connectivity index (χ1n) is 12.2. The number of unbranched alkanes of at least 4 members (excludes halogenated alkanes) is 1. The predicted molar refractivity (Wildman–Crippen MR) is 137 cm³/mol. The molecule has 196 valence electrons. The topological polar surface area (TPSA) is 55.8 Å². The van der Waals surface area contributed by atoms with Gasteiger partial charge in [-0.1, -0.05) is 30.3 Å². The number of rotatable bonds is 10. The second kappa shape index (κ2) is 11.8. The number of hydrogen-bond donors (Lipinski definition) is 0. The lowest BCUT2D eigenvalue weighted by atomic mass is 10.1. The number of carbonyl (C=O) groups is 2. The van der Waals surface area contributed by atoms with Gasteiger partial charge < -0.3 is 14.4 Å². The molecule has 0 fully saturated rings. The van der Waals surface area contributed by atoms with Gasteiger partial charge in [0.15, 0.2) is 0 Å². The standard InChI is InChI=1S/C28H28F3NO4S/c1-2-35-26(34)11-7-6-10-25(33)32-15-14-20-16-21(12-13-24(20)32)36-18-22-17-23(19-8-4-3-5-9-19)27(37-22)28(29,30)31/h3-5,8-9,12-13,16-17H,2,6-7,10-11,14-15,18H2,1H3. The molecular formula is C28H28F3NO4S. The molecule has 2 heterocycles. The summed E-state index contributed by atoms with van der Waals surface area (Å²) in [5.74, 6) is 0.302. The summed E-state index contributed by atoms with van der Waals surface area (Å²) in [5, 5.41) is 0. The number of nitrogens with zero attached hydrogens (tertiary/aromatic N) is 1. The molecule has 1 aliphatic rings. The first-order chi connectivity index (χ1) is 17.8. The number of esters is 1. The summed E-state index contributed by atoms with van der Waals surface area (Å²) in [4.78, 5) is 25.7. The van der Waals surface area contributed by atoms with Crippen molar-refractivity contribution in [2.45, 2.75) is 51.8 Å². The Morgan fingerprint density at radius 1 is 1.03 bits per heavy atom. The summed E-state index contributed by atoms with van der Waals surface area (Å²) in [7, 11) is 0. The van der Waals surface area contributed by atoms with E-state index >= 15 is 0 Å². The van der Waals surface area contributed by atoms with Crippen molar-refractivity contribution in [1.29, 1.82) is 0 Å². The van der Waals surface area contributed by atoms with E-state index in [9.17, 15) is 22.8 Å². The van der Waals surface area contributed by atoms with Gasteiger partial charge in [0.1, 0.15) is 17.2 Å². The fourth-order valence-corrected chi connectivity index (χ4v) is 5.31. The molecule has 0 saturated heterocycles. The van der Waals surface area contributed by atoms with Gasteiger partial charge in [-0.25, -0.2) is 0 Å². The number of halogens is 3. The van der Waals surface area contributed by atoms with Crippen LogP contribution in [0.4, 0.5) is 18.9 Å². The van der Waals surface area contributed by atoms with Crippen LogP contribution in [0.25, 0.3) is 11.1 Å². The zero-order chi connectivity index (χ0) is 26.4. The van der Waals surface area contributed by atoms with E-state index in [-0.39, 0.29) is 24.0 Å². The summed E-state index contributed by atoms with van der Waals surface area (Å²) in [5.41, 5.74) is 2.46. The molecule has 2 aromatic carbocycles. The zero-order valence-corrected chi connectivity index (χ0v) is 21.3. The van der Waals surface area contributed by atoms with Crippen molar-refractivity contribution in [3.8, 4) is 16.9 Å². The minimum absolute atomic E-state index is 0.00276. The summed E-state index contributed by atoms with van der Waals surface area (Å²) < 4.78 is 51.7. The van der Waals surface area contributed by atoms with Crippen LogP contribution in [0.1, 0.15) is 47.9 Å². The first-order valence-corrected chi connectivity index (χ1v) is 13.0. The third-order valence-corrected chi connectivity index (χ3v) is 7.23. The third-order valence-electron chi connectivity index (χ3n) is 6.08. The number of fused-ring (bicyclic) bond motifs is 1. The molecule has 4 rings (SSSR count). The molecule has 37 heavy (non-hydrogen) atoms. The molecule has 0 atom stereocenters. The molecule has 1 aliphatic heterocycles. The van der Waals surface area contributed by atoms with Crippen LogP contribution in [0.5, 0.6) is 5.75 Å². The minimum atomic E-state index is -4.45. The average Bonchev–Trinajstić information content (AvgIpc) is 3.50. The van der Waals surface area contributed by atoms with Crippen LogP contribution >= 0.6 is 11.3 Å². The van der Waals surface area contributed by atoms with E-state index in [1.54, 1.807) is 54.3 Å². The lowest BCUT2D eigenvalue weighted by molar-refractivity contribution is -0.143. The summed E-state index contributed by atoms with van der Waals surface area (Å²) >= 11 is 0.692. The van der Waals surface area contributed by atoms with Crippen LogP contribution in [0, 0.1) is 0 Å². The molecular weight excluding hydrogens is 503 g/mol. The number of alkyl halides is 3.